The van der Waals surface area contributed by atoms with Crippen molar-refractivity contribution in [2.45, 2.75) is 33.3 Å². The minimum Gasteiger partial charge on any atom is -0.380 e. The van der Waals surface area contributed by atoms with E-state index in [4.69, 9.17) is 4.74 Å². The Bertz CT molecular complexity index is 322. The summed E-state index contributed by atoms with van der Waals surface area (Å²) in [6.45, 7) is 7.57. The lowest BCUT2D eigenvalue weighted by molar-refractivity contribution is 0.121. The fourth-order valence-corrected chi connectivity index (χ4v) is 3.73. The Labute approximate surface area is 105 Å². The Morgan fingerprint density at radius 1 is 1.35 bits per heavy atom. The summed E-state index contributed by atoms with van der Waals surface area (Å²) in [5, 5.41) is 0. The van der Waals surface area contributed by atoms with Gasteiger partial charge >= 0.3 is 0 Å². The number of ether oxygens (including phenoxy) is 1. The van der Waals surface area contributed by atoms with Gasteiger partial charge in [0.15, 0.2) is 0 Å². The van der Waals surface area contributed by atoms with Gasteiger partial charge in [0.1, 0.15) is 0 Å². The first-order chi connectivity index (χ1) is 7.85. The summed E-state index contributed by atoms with van der Waals surface area (Å²) < 4.78 is 33.3. The molecule has 5 nitrogen and oxygen atoms in total. The van der Waals surface area contributed by atoms with Crippen molar-refractivity contribution in [3.05, 3.63) is 0 Å². The number of nitrogens with one attached hydrogen (secondary N) is 1. The molecular formula is C11H24N2O3S. The van der Waals surface area contributed by atoms with Crippen molar-refractivity contribution < 1.29 is 13.2 Å². The minimum absolute atomic E-state index is 0.107. The first-order valence-corrected chi connectivity index (χ1v) is 7.56. The number of rotatable bonds is 5. The Balaban J connectivity index is 2.57. The van der Waals surface area contributed by atoms with Crippen LogP contribution in [0.5, 0.6) is 0 Å². The summed E-state index contributed by atoms with van der Waals surface area (Å²) in [4.78, 5) is 0. The number of piperidine rings is 1. The van der Waals surface area contributed by atoms with Gasteiger partial charge in [0.2, 0.25) is 0 Å². The SMILES string of the molecule is COC(C)CNS(=O)(=O)N1CC(C)CC(C)C1. The molecule has 1 rings (SSSR count). The van der Waals surface area contributed by atoms with Gasteiger partial charge in [0.25, 0.3) is 10.2 Å². The zero-order chi connectivity index (χ0) is 13.1. The zero-order valence-electron chi connectivity index (χ0n) is 11.1. The molecule has 3 atom stereocenters. The van der Waals surface area contributed by atoms with Crippen LogP contribution in [0.2, 0.25) is 0 Å². The van der Waals surface area contributed by atoms with Gasteiger partial charge in [-0.2, -0.15) is 17.4 Å². The lowest BCUT2D eigenvalue weighted by Crippen LogP contribution is -2.49. The molecule has 0 aromatic carbocycles. The molecule has 6 heteroatoms. The monoisotopic (exact) mass is 264 g/mol. The van der Waals surface area contributed by atoms with E-state index in [0.29, 0.717) is 31.5 Å². The molecule has 0 aliphatic carbocycles. The van der Waals surface area contributed by atoms with Crippen LogP contribution in [0.1, 0.15) is 27.2 Å². The van der Waals surface area contributed by atoms with E-state index < -0.39 is 10.2 Å². The van der Waals surface area contributed by atoms with Gasteiger partial charge in [-0.25, -0.2) is 0 Å². The molecule has 0 radical (unpaired) electrons. The molecule has 3 unspecified atom stereocenters. The van der Waals surface area contributed by atoms with Gasteiger partial charge in [-0.1, -0.05) is 13.8 Å². The van der Waals surface area contributed by atoms with Crippen molar-refractivity contribution in [1.82, 2.24) is 9.03 Å². The Morgan fingerprint density at radius 3 is 2.35 bits per heavy atom. The fraction of sp³-hybridized carbons (Fsp3) is 1.00. The van der Waals surface area contributed by atoms with E-state index >= 15 is 0 Å². The predicted molar refractivity (Wildman–Crippen MR) is 67.9 cm³/mol. The van der Waals surface area contributed by atoms with E-state index in [-0.39, 0.29) is 6.10 Å². The lowest BCUT2D eigenvalue weighted by atomic mass is 9.94. The molecule has 1 fully saturated rings. The van der Waals surface area contributed by atoms with Crippen LogP contribution < -0.4 is 4.72 Å². The van der Waals surface area contributed by atoms with Gasteiger partial charge < -0.3 is 4.74 Å². The first-order valence-electron chi connectivity index (χ1n) is 6.12. The van der Waals surface area contributed by atoms with Crippen molar-refractivity contribution in [1.29, 1.82) is 0 Å². The van der Waals surface area contributed by atoms with Gasteiger partial charge in [0.05, 0.1) is 6.10 Å². The van der Waals surface area contributed by atoms with Crippen molar-refractivity contribution in [3.63, 3.8) is 0 Å². The highest BCUT2D eigenvalue weighted by molar-refractivity contribution is 7.87. The second-order valence-electron chi connectivity index (χ2n) is 5.16. The molecule has 0 amide bonds. The smallest absolute Gasteiger partial charge is 0.279 e. The lowest BCUT2D eigenvalue weighted by Gasteiger charge is -2.34. The third kappa shape index (κ3) is 4.54. The zero-order valence-corrected chi connectivity index (χ0v) is 12.0. The third-order valence-electron chi connectivity index (χ3n) is 3.13. The van der Waals surface area contributed by atoms with Crippen LogP contribution in [0.25, 0.3) is 0 Å². The van der Waals surface area contributed by atoms with Crippen LogP contribution in [0.3, 0.4) is 0 Å². The van der Waals surface area contributed by atoms with Crippen LogP contribution >= 0.6 is 0 Å². The fourth-order valence-electron chi connectivity index (χ4n) is 2.20. The summed E-state index contributed by atoms with van der Waals surface area (Å²) in [7, 11) is -1.78. The molecule has 1 saturated heterocycles. The highest BCUT2D eigenvalue weighted by atomic mass is 32.2. The standard InChI is InChI=1S/C11H24N2O3S/c1-9-5-10(2)8-13(7-9)17(14,15)12-6-11(3)16-4/h9-12H,5-8H2,1-4H3. The number of nitrogens with zero attached hydrogens (tertiary/aromatic N) is 1. The highest BCUT2D eigenvalue weighted by Gasteiger charge is 2.30. The number of methoxy groups -OCH3 is 1. The molecule has 0 bridgehead atoms. The van der Waals surface area contributed by atoms with Gasteiger partial charge in [-0.05, 0) is 25.2 Å². The maximum absolute atomic E-state index is 12.1. The molecule has 0 aromatic rings. The maximum Gasteiger partial charge on any atom is 0.279 e. The molecule has 0 saturated carbocycles. The molecule has 1 N–H and O–H groups in total. The summed E-state index contributed by atoms with van der Waals surface area (Å²) in [5.41, 5.74) is 0. The summed E-state index contributed by atoms with van der Waals surface area (Å²) in [5.74, 6) is 0.852. The highest BCUT2D eigenvalue weighted by Crippen LogP contribution is 2.22. The van der Waals surface area contributed by atoms with Crippen LogP contribution in [0.15, 0.2) is 0 Å². The Hall–Kier alpha value is -0.170. The molecule has 0 aromatic heterocycles. The second-order valence-corrected chi connectivity index (χ2v) is 6.92. The predicted octanol–water partition coefficient (Wildman–Crippen LogP) is 0.834. The van der Waals surface area contributed by atoms with Crippen molar-refractivity contribution in [2.75, 3.05) is 26.7 Å². The summed E-state index contributed by atoms with van der Waals surface area (Å²) in [6.07, 6.45) is 0.991. The van der Waals surface area contributed by atoms with Crippen LogP contribution in [0, 0.1) is 11.8 Å². The molecule has 0 spiro atoms. The average molecular weight is 264 g/mol. The largest absolute Gasteiger partial charge is 0.380 e. The average Bonchev–Trinajstić information content (AvgIpc) is 2.24. The normalized spacial score (nSPS) is 29.2. The topological polar surface area (TPSA) is 58.6 Å². The minimum atomic E-state index is -3.35. The van der Waals surface area contributed by atoms with Gasteiger partial charge in [-0.15, -0.1) is 0 Å². The van der Waals surface area contributed by atoms with Crippen LogP contribution in [-0.4, -0.2) is 45.6 Å². The molecule has 17 heavy (non-hydrogen) atoms. The van der Waals surface area contributed by atoms with E-state index in [1.165, 1.54) is 0 Å². The quantitative estimate of drug-likeness (QED) is 0.800. The van der Waals surface area contributed by atoms with Crippen molar-refractivity contribution in [2.24, 2.45) is 11.8 Å². The van der Waals surface area contributed by atoms with Crippen molar-refractivity contribution in [3.8, 4) is 0 Å². The molecule has 1 aliphatic rings. The van der Waals surface area contributed by atoms with Gasteiger partial charge in [0, 0.05) is 26.7 Å². The van der Waals surface area contributed by atoms with E-state index in [9.17, 15) is 8.42 Å². The number of hydrogen-bond acceptors (Lipinski definition) is 3. The summed E-state index contributed by atoms with van der Waals surface area (Å²) >= 11 is 0. The van der Waals surface area contributed by atoms with Crippen LogP contribution in [-0.2, 0) is 14.9 Å². The number of hydrogen-bond donors (Lipinski definition) is 1. The summed E-state index contributed by atoms with van der Waals surface area (Å²) in [6, 6.07) is 0. The van der Waals surface area contributed by atoms with Crippen molar-refractivity contribution >= 4 is 10.2 Å². The molecule has 102 valence electrons. The molecular weight excluding hydrogens is 240 g/mol. The van der Waals surface area contributed by atoms with Gasteiger partial charge in [-0.3, -0.25) is 0 Å². The second kappa shape index (κ2) is 6.13. The van der Waals surface area contributed by atoms with E-state index in [0.717, 1.165) is 6.42 Å². The van der Waals surface area contributed by atoms with Crippen LogP contribution in [0.4, 0.5) is 0 Å². The van der Waals surface area contributed by atoms with E-state index in [2.05, 4.69) is 18.6 Å². The molecule has 1 heterocycles. The Kier molecular flexibility index (Phi) is 5.37. The third-order valence-corrected chi connectivity index (χ3v) is 4.64. The maximum atomic E-state index is 12.1. The van der Waals surface area contributed by atoms with E-state index in [1.54, 1.807) is 11.4 Å². The first kappa shape index (κ1) is 14.9. The Morgan fingerprint density at radius 2 is 1.88 bits per heavy atom. The molecule has 1 aliphatic heterocycles. The van der Waals surface area contributed by atoms with E-state index in [1.807, 2.05) is 6.92 Å².